The molecule has 1 saturated heterocycles. The first-order chi connectivity index (χ1) is 14.1. The van der Waals surface area contributed by atoms with Gasteiger partial charge in [0.2, 0.25) is 5.91 Å². The molecule has 4 rings (SSSR count). The van der Waals surface area contributed by atoms with E-state index in [2.05, 4.69) is 26.1 Å². The molecular formula is C19H22N6O4. The Morgan fingerprint density at radius 3 is 2.76 bits per heavy atom. The van der Waals surface area contributed by atoms with Gasteiger partial charge in [0, 0.05) is 49.0 Å². The summed E-state index contributed by atoms with van der Waals surface area (Å²) in [4.78, 5) is 24.7. The molecule has 3 aromatic rings. The molecule has 0 bridgehead atoms. The lowest BCUT2D eigenvalue weighted by Gasteiger charge is -2.26. The van der Waals surface area contributed by atoms with Gasteiger partial charge in [-0.25, -0.2) is 0 Å². The van der Waals surface area contributed by atoms with Crippen molar-refractivity contribution in [2.75, 3.05) is 38.2 Å². The summed E-state index contributed by atoms with van der Waals surface area (Å²) in [6, 6.07) is 9.06. The quantitative estimate of drug-likeness (QED) is 0.480. The van der Waals surface area contributed by atoms with Crippen LogP contribution in [-0.2, 0) is 22.6 Å². The fourth-order valence-electron chi connectivity index (χ4n) is 3.43. The molecule has 0 unspecified atom stereocenters. The minimum atomic E-state index is -0.591. The van der Waals surface area contributed by atoms with Gasteiger partial charge in [-0.15, -0.1) is 0 Å². The number of anilines is 1. The van der Waals surface area contributed by atoms with E-state index in [1.807, 2.05) is 24.3 Å². The van der Waals surface area contributed by atoms with Crippen LogP contribution in [0, 0.1) is 10.1 Å². The maximum Gasteiger partial charge on any atom is 0.389 e. The number of nitro groups is 1. The highest BCUT2D eigenvalue weighted by molar-refractivity contribution is 5.93. The molecule has 3 heterocycles. The lowest BCUT2D eigenvalue weighted by molar-refractivity contribution is -0.389. The third kappa shape index (κ3) is 4.61. The van der Waals surface area contributed by atoms with Crippen LogP contribution in [0.4, 0.5) is 11.5 Å². The van der Waals surface area contributed by atoms with E-state index in [0.717, 1.165) is 50.3 Å². The standard InChI is InChI=1S/C19H22N6O4/c26-19(14-24-6-4-18(21-24)25(27)28)20-16-1-2-17-15(13-16)3-5-23(17)8-7-22-9-11-29-12-10-22/h1-6,13H,7-12,14H2,(H,20,26). The lowest BCUT2D eigenvalue weighted by atomic mass is 10.2. The average molecular weight is 398 g/mol. The molecule has 10 nitrogen and oxygen atoms in total. The maximum atomic E-state index is 12.2. The van der Waals surface area contributed by atoms with Crippen molar-refractivity contribution >= 4 is 28.3 Å². The highest BCUT2D eigenvalue weighted by Crippen LogP contribution is 2.21. The van der Waals surface area contributed by atoms with Crippen LogP contribution in [0.15, 0.2) is 42.7 Å². The number of rotatable bonds is 7. The molecule has 1 aliphatic rings. The summed E-state index contributed by atoms with van der Waals surface area (Å²) < 4.78 is 8.83. The van der Waals surface area contributed by atoms with Crippen molar-refractivity contribution in [1.82, 2.24) is 19.2 Å². The highest BCUT2D eigenvalue weighted by atomic mass is 16.6. The van der Waals surface area contributed by atoms with Crippen LogP contribution in [0.3, 0.4) is 0 Å². The van der Waals surface area contributed by atoms with Gasteiger partial charge in [-0.3, -0.25) is 9.69 Å². The van der Waals surface area contributed by atoms with Crippen LogP contribution in [0.5, 0.6) is 0 Å². The van der Waals surface area contributed by atoms with E-state index in [1.54, 1.807) is 0 Å². The molecule has 1 amide bonds. The fraction of sp³-hybridized carbons (Fsp3) is 0.368. The molecule has 2 aromatic heterocycles. The van der Waals surface area contributed by atoms with E-state index < -0.39 is 4.92 Å². The van der Waals surface area contributed by atoms with Gasteiger partial charge in [-0.2, -0.15) is 4.68 Å². The van der Waals surface area contributed by atoms with Gasteiger partial charge in [0.15, 0.2) is 0 Å². The van der Waals surface area contributed by atoms with Gasteiger partial charge in [0.25, 0.3) is 0 Å². The van der Waals surface area contributed by atoms with E-state index in [1.165, 1.54) is 16.9 Å². The summed E-state index contributed by atoms with van der Waals surface area (Å²) in [7, 11) is 0. The summed E-state index contributed by atoms with van der Waals surface area (Å²) in [5.74, 6) is -0.577. The zero-order chi connectivity index (χ0) is 20.2. The van der Waals surface area contributed by atoms with Crippen LogP contribution in [-0.4, -0.2) is 62.9 Å². The van der Waals surface area contributed by atoms with Gasteiger partial charge in [-0.05, 0) is 29.2 Å². The summed E-state index contributed by atoms with van der Waals surface area (Å²) in [6.45, 7) is 5.30. The van der Waals surface area contributed by atoms with Gasteiger partial charge in [0.05, 0.1) is 30.6 Å². The molecule has 1 N–H and O–H groups in total. The third-order valence-electron chi connectivity index (χ3n) is 4.93. The first-order valence-electron chi connectivity index (χ1n) is 9.45. The number of ether oxygens (including phenoxy) is 1. The number of carbonyl (C=O) groups is 1. The first kappa shape index (κ1) is 19.1. The number of amides is 1. The number of nitrogens with zero attached hydrogens (tertiary/aromatic N) is 5. The highest BCUT2D eigenvalue weighted by Gasteiger charge is 2.14. The number of aromatic nitrogens is 3. The molecule has 0 spiro atoms. The Morgan fingerprint density at radius 1 is 1.17 bits per heavy atom. The second-order valence-corrected chi connectivity index (χ2v) is 6.91. The van der Waals surface area contributed by atoms with Crippen LogP contribution in [0.1, 0.15) is 0 Å². The molecule has 0 radical (unpaired) electrons. The Balaban J connectivity index is 1.37. The van der Waals surface area contributed by atoms with E-state index in [4.69, 9.17) is 4.74 Å². The maximum absolute atomic E-state index is 12.2. The Hall–Kier alpha value is -3.24. The second-order valence-electron chi connectivity index (χ2n) is 6.91. The SMILES string of the molecule is O=C(Cn1ccc([N+](=O)[O-])n1)Nc1ccc2c(ccn2CCN2CCOCC2)c1. The number of nitrogens with one attached hydrogen (secondary N) is 1. The Morgan fingerprint density at radius 2 is 2.00 bits per heavy atom. The summed E-state index contributed by atoms with van der Waals surface area (Å²) >= 11 is 0. The Kier molecular flexibility index (Phi) is 5.54. The molecule has 1 fully saturated rings. The Bertz CT molecular complexity index is 1020. The van der Waals surface area contributed by atoms with Crippen molar-refractivity contribution in [3.8, 4) is 0 Å². The van der Waals surface area contributed by atoms with Crippen LogP contribution < -0.4 is 5.32 Å². The summed E-state index contributed by atoms with van der Waals surface area (Å²) in [5, 5.41) is 18.3. The van der Waals surface area contributed by atoms with Crippen molar-refractivity contribution in [3.05, 3.63) is 52.8 Å². The number of fused-ring (bicyclic) bond motifs is 1. The zero-order valence-electron chi connectivity index (χ0n) is 15.9. The van der Waals surface area contributed by atoms with Crippen LogP contribution in [0.2, 0.25) is 0 Å². The fourth-order valence-corrected chi connectivity index (χ4v) is 3.43. The normalized spacial score (nSPS) is 14.9. The van der Waals surface area contributed by atoms with Crippen LogP contribution >= 0.6 is 0 Å². The minimum absolute atomic E-state index is 0.0908. The number of morpholine rings is 1. The molecule has 10 heteroatoms. The van der Waals surface area contributed by atoms with Crippen molar-refractivity contribution in [2.24, 2.45) is 0 Å². The summed E-state index contributed by atoms with van der Waals surface area (Å²) in [5.41, 5.74) is 1.79. The van der Waals surface area contributed by atoms with E-state index in [9.17, 15) is 14.9 Å². The Labute approximate surface area is 166 Å². The molecule has 0 atom stereocenters. The van der Waals surface area contributed by atoms with Gasteiger partial charge < -0.3 is 24.7 Å². The summed E-state index contributed by atoms with van der Waals surface area (Å²) in [6.07, 6.45) is 3.47. The second kappa shape index (κ2) is 8.41. The largest absolute Gasteiger partial charge is 0.389 e. The van der Waals surface area contributed by atoms with Crippen molar-refractivity contribution in [1.29, 1.82) is 0 Å². The number of hydrogen-bond acceptors (Lipinski definition) is 6. The molecule has 1 aromatic carbocycles. The van der Waals surface area contributed by atoms with Crippen molar-refractivity contribution in [3.63, 3.8) is 0 Å². The predicted molar refractivity (Wildman–Crippen MR) is 107 cm³/mol. The third-order valence-corrected chi connectivity index (χ3v) is 4.93. The monoisotopic (exact) mass is 398 g/mol. The number of carbonyl (C=O) groups excluding carboxylic acids is 1. The smallest absolute Gasteiger partial charge is 0.379 e. The van der Waals surface area contributed by atoms with E-state index in [-0.39, 0.29) is 18.3 Å². The van der Waals surface area contributed by atoms with Gasteiger partial charge in [0.1, 0.15) is 6.54 Å². The molecule has 0 saturated carbocycles. The van der Waals surface area contributed by atoms with E-state index >= 15 is 0 Å². The minimum Gasteiger partial charge on any atom is -0.379 e. The van der Waals surface area contributed by atoms with Crippen LogP contribution in [0.25, 0.3) is 10.9 Å². The van der Waals surface area contributed by atoms with Gasteiger partial charge in [-0.1, -0.05) is 0 Å². The van der Waals surface area contributed by atoms with E-state index in [0.29, 0.717) is 5.69 Å². The molecular weight excluding hydrogens is 376 g/mol. The first-order valence-corrected chi connectivity index (χ1v) is 9.45. The van der Waals surface area contributed by atoms with Crippen molar-refractivity contribution in [2.45, 2.75) is 13.1 Å². The number of benzene rings is 1. The average Bonchev–Trinajstić information content (AvgIpc) is 3.34. The molecule has 0 aliphatic carbocycles. The van der Waals surface area contributed by atoms with Crippen molar-refractivity contribution < 1.29 is 14.5 Å². The molecule has 29 heavy (non-hydrogen) atoms. The zero-order valence-corrected chi connectivity index (χ0v) is 15.9. The number of hydrogen-bond donors (Lipinski definition) is 1. The molecule has 152 valence electrons. The lowest BCUT2D eigenvalue weighted by Crippen LogP contribution is -2.38. The topological polar surface area (TPSA) is 107 Å². The van der Waals surface area contributed by atoms with Gasteiger partial charge >= 0.3 is 5.82 Å². The predicted octanol–water partition coefficient (Wildman–Crippen LogP) is 1.72. The molecule has 1 aliphatic heterocycles.